The summed E-state index contributed by atoms with van der Waals surface area (Å²) in [7, 11) is 3.27. The highest BCUT2D eigenvalue weighted by Crippen LogP contribution is 2.43. The van der Waals surface area contributed by atoms with Gasteiger partial charge < -0.3 is 20.6 Å². The summed E-state index contributed by atoms with van der Waals surface area (Å²) < 4.78 is 5.65. The van der Waals surface area contributed by atoms with Gasteiger partial charge in [0.05, 0.1) is 33.9 Å². The van der Waals surface area contributed by atoms with Crippen molar-refractivity contribution in [2.75, 3.05) is 14.2 Å². The van der Waals surface area contributed by atoms with Crippen LogP contribution in [0.3, 0.4) is 0 Å². The monoisotopic (exact) mass is 461 g/mol. The van der Waals surface area contributed by atoms with E-state index in [1.807, 2.05) is 68.4 Å². The molecule has 0 bridgehead atoms. The van der Waals surface area contributed by atoms with E-state index in [1.165, 1.54) is 22.5 Å². The van der Waals surface area contributed by atoms with Gasteiger partial charge in [-0.1, -0.05) is 36.4 Å². The standard InChI is InChI=1S/C25H27N5O2S/c1-15-24(33-16(2)28-15)25(31,22(14-26)30(3)27)19-10-11-20-18(12-19)13-21(32-4)23(29-20)17-8-6-5-7-9-17/h5-14,31H,26-27H2,1-4H3/b22-14-. The molecule has 0 radical (unpaired) electrons. The number of aryl methyl sites for hydroxylation is 2. The lowest BCUT2D eigenvalue weighted by Gasteiger charge is -2.34. The number of hydrazine groups is 1. The Morgan fingerprint density at radius 3 is 2.42 bits per heavy atom. The molecule has 8 heteroatoms. The van der Waals surface area contributed by atoms with E-state index in [-0.39, 0.29) is 0 Å². The third-order valence-electron chi connectivity index (χ3n) is 5.61. The number of aliphatic hydroxyl groups is 1. The summed E-state index contributed by atoms with van der Waals surface area (Å²) in [4.78, 5) is 10.0. The fourth-order valence-electron chi connectivity index (χ4n) is 4.10. The third kappa shape index (κ3) is 3.93. The van der Waals surface area contributed by atoms with Crippen LogP contribution in [0.5, 0.6) is 5.75 Å². The van der Waals surface area contributed by atoms with Crippen LogP contribution in [0.1, 0.15) is 21.1 Å². The molecule has 2 aromatic heterocycles. The molecule has 0 aliphatic carbocycles. The van der Waals surface area contributed by atoms with E-state index >= 15 is 0 Å². The van der Waals surface area contributed by atoms with E-state index in [1.54, 1.807) is 14.2 Å². The molecule has 0 aliphatic rings. The van der Waals surface area contributed by atoms with Crippen molar-refractivity contribution in [1.29, 1.82) is 0 Å². The Bertz CT molecular complexity index is 1330. The number of likely N-dealkylation sites (N-methyl/N-ethyl adjacent to an activating group) is 1. The van der Waals surface area contributed by atoms with Crippen LogP contribution in [0.4, 0.5) is 0 Å². The summed E-state index contributed by atoms with van der Waals surface area (Å²) in [6.45, 7) is 3.77. The number of methoxy groups -OCH3 is 1. The molecule has 2 aromatic carbocycles. The van der Waals surface area contributed by atoms with E-state index in [9.17, 15) is 5.11 Å². The lowest BCUT2D eigenvalue weighted by atomic mass is 9.86. The Morgan fingerprint density at radius 1 is 1.12 bits per heavy atom. The Morgan fingerprint density at radius 2 is 1.85 bits per heavy atom. The number of hydrogen-bond acceptors (Lipinski definition) is 8. The minimum absolute atomic E-state index is 0.342. The van der Waals surface area contributed by atoms with Gasteiger partial charge in [0.1, 0.15) is 11.4 Å². The van der Waals surface area contributed by atoms with E-state index in [0.717, 1.165) is 32.9 Å². The Balaban J connectivity index is 1.95. The molecule has 0 fully saturated rings. The van der Waals surface area contributed by atoms with E-state index < -0.39 is 5.60 Å². The number of thiazole rings is 1. The number of ether oxygens (including phenoxy) is 1. The first-order valence-corrected chi connectivity index (χ1v) is 11.2. The minimum atomic E-state index is -1.59. The van der Waals surface area contributed by atoms with Gasteiger partial charge in [-0.15, -0.1) is 11.3 Å². The first kappa shape index (κ1) is 22.7. The first-order valence-electron chi connectivity index (χ1n) is 10.4. The molecule has 0 amide bonds. The summed E-state index contributed by atoms with van der Waals surface area (Å²) >= 11 is 1.41. The van der Waals surface area contributed by atoms with Crippen molar-refractivity contribution in [2.45, 2.75) is 19.4 Å². The number of pyridine rings is 1. The van der Waals surface area contributed by atoms with Gasteiger partial charge in [-0.25, -0.2) is 15.8 Å². The fourth-order valence-corrected chi connectivity index (χ4v) is 5.14. The van der Waals surface area contributed by atoms with Gasteiger partial charge in [0.25, 0.3) is 0 Å². The summed E-state index contributed by atoms with van der Waals surface area (Å²) in [6.07, 6.45) is 1.33. The number of nitrogens with zero attached hydrogens (tertiary/aromatic N) is 3. The summed E-state index contributed by atoms with van der Waals surface area (Å²) in [5, 5.41) is 15.1. The first-order chi connectivity index (χ1) is 15.8. The van der Waals surface area contributed by atoms with Crippen molar-refractivity contribution in [3.05, 3.63) is 87.6 Å². The second-order valence-corrected chi connectivity index (χ2v) is 9.04. The highest BCUT2D eigenvalue weighted by atomic mass is 32.1. The SMILES string of the molecule is COc1cc2cc(C(O)(/C(=C/N)N(C)N)c3sc(C)nc3C)ccc2nc1-c1ccccc1. The highest BCUT2D eigenvalue weighted by Gasteiger charge is 2.41. The Kier molecular flexibility index (Phi) is 6.07. The van der Waals surface area contributed by atoms with Crippen LogP contribution in [0, 0.1) is 13.8 Å². The van der Waals surface area contributed by atoms with Crippen LogP contribution in [0.25, 0.3) is 22.2 Å². The van der Waals surface area contributed by atoms with Crippen LogP contribution in [0.15, 0.2) is 66.5 Å². The Hall–Kier alpha value is -3.46. The van der Waals surface area contributed by atoms with Gasteiger partial charge in [0, 0.05) is 24.2 Å². The van der Waals surface area contributed by atoms with E-state index in [4.69, 9.17) is 21.3 Å². The van der Waals surface area contributed by atoms with Crippen LogP contribution >= 0.6 is 11.3 Å². The number of hydrogen-bond donors (Lipinski definition) is 3. The minimum Gasteiger partial charge on any atom is -0.494 e. The van der Waals surface area contributed by atoms with Gasteiger partial charge in [-0.2, -0.15) is 0 Å². The molecule has 170 valence electrons. The molecule has 0 spiro atoms. The molecule has 5 N–H and O–H groups in total. The zero-order valence-electron chi connectivity index (χ0n) is 19.0. The molecule has 1 atom stereocenters. The smallest absolute Gasteiger partial charge is 0.168 e. The van der Waals surface area contributed by atoms with Crippen molar-refractivity contribution in [3.63, 3.8) is 0 Å². The summed E-state index contributed by atoms with van der Waals surface area (Å²) in [6, 6.07) is 17.4. The van der Waals surface area contributed by atoms with E-state index in [0.29, 0.717) is 21.9 Å². The van der Waals surface area contributed by atoms with Crippen LogP contribution in [-0.2, 0) is 5.60 Å². The molecular weight excluding hydrogens is 434 g/mol. The summed E-state index contributed by atoms with van der Waals surface area (Å²) in [5.74, 6) is 6.73. The van der Waals surface area contributed by atoms with Gasteiger partial charge in [-0.3, -0.25) is 0 Å². The van der Waals surface area contributed by atoms with Gasteiger partial charge >= 0.3 is 0 Å². The second kappa shape index (κ2) is 8.82. The molecule has 2 heterocycles. The van der Waals surface area contributed by atoms with E-state index in [2.05, 4.69) is 4.98 Å². The largest absolute Gasteiger partial charge is 0.494 e. The zero-order valence-corrected chi connectivity index (χ0v) is 19.9. The molecule has 7 nitrogen and oxygen atoms in total. The molecule has 33 heavy (non-hydrogen) atoms. The predicted octanol–water partition coefficient (Wildman–Crippen LogP) is 3.83. The van der Waals surface area contributed by atoms with Gasteiger partial charge in [-0.05, 0) is 37.6 Å². The quantitative estimate of drug-likeness (QED) is 0.296. The normalized spacial score (nSPS) is 13.7. The number of rotatable bonds is 6. The average molecular weight is 462 g/mol. The molecular formula is C25H27N5O2S. The van der Waals surface area contributed by atoms with Crippen LogP contribution < -0.4 is 16.3 Å². The molecule has 0 saturated heterocycles. The number of fused-ring (bicyclic) bond motifs is 1. The van der Waals surface area contributed by atoms with Crippen molar-refractivity contribution in [2.24, 2.45) is 11.6 Å². The topological polar surface area (TPSA) is 111 Å². The maximum absolute atomic E-state index is 12.1. The van der Waals surface area contributed by atoms with Gasteiger partial charge in [0.15, 0.2) is 5.60 Å². The second-order valence-electron chi connectivity index (χ2n) is 7.83. The molecule has 1 unspecified atom stereocenters. The molecule has 0 aliphatic heterocycles. The zero-order chi connectivity index (χ0) is 23.8. The Labute approximate surface area is 196 Å². The molecule has 0 saturated carbocycles. The highest BCUT2D eigenvalue weighted by molar-refractivity contribution is 7.11. The maximum atomic E-state index is 12.1. The van der Waals surface area contributed by atoms with Crippen molar-refractivity contribution in [1.82, 2.24) is 15.0 Å². The maximum Gasteiger partial charge on any atom is 0.168 e. The van der Waals surface area contributed by atoms with Crippen molar-refractivity contribution in [3.8, 4) is 17.0 Å². The number of aromatic nitrogens is 2. The third-order valence-corrected chi connectivity index (χ3v) is 6.79. The van der Waals surface area contributed by atoms with Gasteiger partial charge in [0.2, 0.25) is 0 Å². The van der Waals surface area contributed by atoms with Crippen molar-refractivity contribution < 1.29 is 9.84 Å². The lowest BCUT2D eigenvalue weighted by Crippen LogP contribution is -2.41. The summed E-state index contributed by atoms with van der Waals surface area (Å²) in [5.41, 5.74) is 8.51. The van der Waals surface area contributed by atoms with Crippen LogP contribution in [-0.4, -0.2) is 34.2 Å². The fraction of sp³-hybridized carbons (Fsp3) is 0.200. The predicted molar refractivity (Wildman–Crippen MR) is 133 cm³/mol. The van der Waals surface area contributed by atoms with Crippen molar-refractivity contribution >= 4 is 22.2 Å². The average Bonchev–Trinajstić information content (AvgIpc) is 3.16. The number of nitrogens with two attached hydrogens (primary N) is 2. The molecule has 4 rings (SSSR count). The number of benzene rings is 2. The molecule has 4 aromatic rings. The lowest BCUT2D eigenvalue weighted by molar-refractivity contribution is 0.0908. The van der Waals surface area contributed by atoms with Crippen LogP contribution in [0.2, 0.25) is 0 Å².